The highest BCUT2D eigenvalue weighted by atomic mass is 31.2. The van der Waals surface area contributed by atoms with E-state index < -0.39 is 26.4 Å². The maximum Gasteiger partial charge on any atom is 0.356 e. The fourth-order valence-electron chi connectivity index (χ4n) is 2.94. The lowest BCUT2D eigenvalue weighted by molar-refractivity contribution is -0.0247. The van der Waals surface area contributed by atoms with Crippen LogP contribution in [0.5, 0.6) is 0 Å². The number of aliphatic hydroxyl groups is 1. The molecular formula is C16H17NO7P2. The van der Waals surface area contributed by atoms with Crippen LogP contribution in [0.2, 0.25) is 0 Å². The van der Waals surface area contributed by atoms with Crippen molar-refractivity contribution in [3.63, 3.8) is 0 Å². The number of hydrogen-bond donors (Lipinski definition) is 4. The third-order valence-electron chi connectivity index (χ3n) is 4.13. The first-order valence-electron chi connectivity index (χ1n) is 7.60. The number of rotatable bonds is 6. The highest BCUT2D eigenvalue weighted by Gasteiger charge is 2.63. The van der Waals surface area contributed by atoms with Crippen molar-refractivity contribution in [1.82, 2.24) is 4.98 Å². The molecular weight excluding hydrogens is 380 g/mol. The van der Waals surface area contributed by atoms with Gasteiger partial charge in [0.25, 0.3) is 0 Å². The van der Waals surface area contributed by atoms with Crippen LogP contribution in [0.1, 0.15) is 16.7 Å². The molecule has 0 spiro atoms. The molecule has 138 valence electrons. The summed E-state index contributed by atoms with van der Waals surface area (Å²) in [5.41, 5.74) is 0.913. The Hall–Kier alpha value is -1.63. The Morgan fingerprint density at radius 1 is 1.12 bits per heavy atom. The maximum atomic E-state index is 13.0. The molecule has 1 heterocycles. The molecule has 1 aromatic heterocycles. The fourth-order valence-corrected chi connectivity index (χ4v) is 6.52. The largest absolute Gasteiger partial charge is 0.367 e. The van der Waals surface area contributed by atoms with Crippen LogP contribution < -0.4 is 0 Å². The molecule has 4 N–H and O–H groups in total. The van der Waals surface area contributed by atoms with E-state index in [9.17, 15) is 28.9 Å². The minimum atomic E-state index is -5.19. The Morgan fingerprint density at radius 3 is 2.50 bits per heavy atom. The van der Waals surface area contributed by atoms with Crippen molar-refractivity contribution in [3.05, 3.63) is 71.6 Å². The first-order chi connectivity index (χ1) is 12.2. The van der Waals surface area contributed by atoms with Gasteiger partial charge < -0.3 is 19.8 Å². The Bertz CT molecular complexity index is 927. The van der Waals surface area contributed by atoms with E-state index in [1.165, 1.54) is 30.6 Å². The first-order valence-corrected chi connectivity index (χ1v) is 10.8. The quantitative estimate of drug-likeness (QED) is 0.430. The standard InChI is InChI=1S/C16H17NO7P2/c18-15(10-12-4-3-9-17-11-12)24-26(22,23)16(25(19,20)21)8-7-13-5-1-2-6-14(13)16/h1-9,11,15,18H,10H2,(H,22,23)(H2,19,20,21). The lowest BCUT2D eigenvalue weighted by Crippen LogP contribution is -2.27. The van der Waals surface area contributed by atoms with Crippen molar-refractivity contribution in [1.29, 1.82) is 0 Å². The zero-order valence-corrected chi connectivity index (χ0v) is 15.2. The molecule has 1 aliphatic rings. The summed E-state index contributed by atoms with van der Waals surface area (Å²) in [6, 6.07) is 9.31. The average molecular weight is 397 g/mol. The number of allylic oxidation sites excluding steroid dienone is 1. The molecule has 3 atom stereocenters. The van der Waals surface area contributed by atoms with Crippen LogP contribution >= 0.6 is 15.2 Å². The zero-order chi connectivity index (χ0) is 19.0. The molecule has 3 unspecified atom stereocenters. The van der Waals surface area contributed by atoms with Gasteiger partial charge >= 0.3 is 15.2 Å². The molecule has 1 aliphatic carbocycles. The second-order valence-corrected chi connectivity index (χ2v) is 9.94. The summed E-state index contributed by atoms with van der Waals surface area (Å²) in [6.07, 6.45) is 3.39. The fraction of sp³-hybridized carbons (Fsp3) is 0.188. The van der Waals surface area contributed by atoms with E-state index in [-0.39, 0.29) is 12.0 Å². The molecule has 10 heteroatoms. The first kappa shape index (κ1) is 19.1. The van der Waals surface area contributed by atoms with Crippen LogP contribution in [0, 0.1) is 0 Å². The predicted octanol–water partition coefficient (Wildman–Crippen LogP) is 2.20. The van der Waals surface area contributed by atoms with Gasteiger partial charge in [-0.3, -0.25) is 18.6 Å². The summed E-state index contributed by atoms with van der Waals surface area (Å²) in [5.74, 6) is 0. The summed E-state index contributed by atoms with van der Waals surface area (Å²) < 4.78 is 30.1. The second kappa shape index (κ2) is 6.83. The lowest BCUT2D eigenvalue weighted by Gasteiger charge is -2.34. The third-order valence-corrected chi connectivity index (χ3v) is 8.72. The van der Waals surface area contributed by atoms with Gasteiger partial charge in [-0.2, -0.15) is 0 Å². The lowest BCUT2D eigenvalue weighted by atomic mass is 10.1. The van der Waals surface area contributed by atoms with E-state index in [4.69, 9.17) is 4.52 Å². The number of hydrogen-bond acceptors (Lipinski definition) is 5. The molecule has 1 aromatic carbocycles. The number of nitrogens with zero attached hydrogens (tertiary/aromatic N) is 1. The smallest absolute Gasteiger partial charge is 0.356 e. The molecule has 0 saturated carbocycles. The molecule has 0 radical (unpaired) electrons. The zero-order valence-electron chi connectivity index (χ0n) is 13.4. The molecule has 0 aliphatic heterocycles. The molecule has 0 fully saturated rings. The van der Waals surface area contributed by atoms with E-state index in [0.717, 1.165) is 6.08 Å². The summed E-state index contributed by atoms with van der Waals surface area (Å²) in [4.78, 5) is 31.6. The molecule has 2 aromatic rings. The van der Waals surface area contributed by atoms with Crippen LogP contribution in [-0.2, 0) is 25.0 Å². The molecule has 0 amide bonds. The predicted molar refractivity (Wildman–Crippen MR) is 94.1 cm³/mol. The highest BCUT2D eigenvalue weighted by molar-refractivity contribution is 7.72. The van der Waals surface area contributed by atoms with Crippen LogP contribution in [0.4, 0.5) is 0 Å². The van der Waals surface area contributed by atoms with Gasteiger partial charge in [-0.05, 0) is 28.8 Å². The van der Waals surface area contributed by atoms with Crippen LogP contribution in [0.3, 0.4) is 0 Å². The summed E-state index contributed by atoms with van der Waals surface area (Å²) in [5, 5.41) is 10.1. The molecule has 3 rings (SSSR count). The monoisotopic (exact) mass is 397 g/mol. The van der Waals surface area contributed by atoms with Crippen molar-refractivity contribution in [3.8, 4) is 0 Å². The second-order valence-electron chi connectivity index (χ2n) is 5.84. The van der Waals surface area contributed by atoms with Gasteiger partial charge in [-0.1, -0.05) is 36.4 Å². The highest BCUT2D eigenvalue weighted by Crippen LogP contribution is 2.79. The van der Waals surface area contributed by atoms with Gasteiger partial charge in [0.1, 0.15) is 0 Å². The van der Waals surface area contributed by atoms with E-state index in [1.54, 1.807) is 24.3 Å². The summed E-state index contributed by atoms with van der Waals surface area (Å²) >= 11 is 0. The number of benzene rings is 1. The SMILES string of the molecule is O=P(O)(O)C1(P(=O)(O)OC(O)Cc2cccnc2)C=Cc2ccccc21. The Morgan fingerprint density at radius 2 is 1.85 bits per heavy atom. The van der Waals surface area contributed by atoms with E-state index in [1.807, 2.05) is 0 Å². The van der Waals surface area contributed by atoms with Gasteiger partial charge in [0.05, 0.1) is 0 Å². The third kappa shape index (κ3) is 3.21. The van der Waals surface area contributed by atoms with E-state index in [0.29, 0.717) is 11.1 Å². The summed E-state index contributed by atoms with van der Waals surface area (Å²) in [6.45, 7) is 0. The van der Waals surface area contributed by atoms with Crippen molar-refractivity contribution < 1.29 is 33.4 Å². The number of fused-ring (bicyclic) bond motifs is 1. The van der Waals surface area contributed by atoms with E-state index in [2.05, 4.69) is 4.98 Å². The topological polar surface area (TPSA) is 137 Å². The molecule has 0 bridgehead atoms. The number of pyridine rings is 1. The maximum absolute atomic E-state index is 13.0. The number of aliphatic hydroxyl groups excluding tert-OH is 1. The van der Waals surface area contributed by atoms with Crippen LogP contribution in [-0.4, -0.2) is 31.1 Å². The minimum absolute atomic E-state index is 0.0206. The van der Waals surface area contributed by atoms with Gasteiger partial charge in [-0.25, -0.2) is 0 Å². The molecule has 26 heavy (non-hydrogen) atoms. The van der Waals surface area contributed by atoms with Crippen LogP contribution in [0.25, 0.3) is 6.08 Å². The number of aromatic nitrogens is 1. The Kier molecular flexibility index (Phi) is 5.03. The molecule has 8 nitrogen and oxygen atoms in total. The van der Waals surface area contributed by atoms with Gasteiger partial charge in [0.15, 0.2) is 6.29 Å². The van der Waals surface area contributed by atoms with Crippen molar-refractivity contribution in [2.24, 2.45) is 0 Å². The van der Waals surface area contributed by atoms with Gasteiger partial charge in [-0.15, -0.1) is 0 Å². The van der Waals surface area contributed by atoms with Crippen molar-refractivity contribution >= 4 is 21.3 Å². The van der Waals surface area contributed by atoms with Gasteiger partial charge in [0, 0.05) is 18.8 Å². The van der Waals surface area contributed by atoms with Crippen LogP contribution in [0.15, 0.2) is 54.9 Å². The summed E-state index contributed by atoms with van der Waals surface area (Å²) in [7, 11) is -10.2. The molecule has 0 saturated heterocycles. The van der Waals surface area contributed by atoms with Gasteiger partial charge in [0.2, 0.25) is 4.90 Å². The Balaban J connectivity index is 1.96. The Labute approximate surface area is 149 Å². The normalized spacial score (nSPS) is 22.6. The van der Waals surface area contributed by atoms with Crippen molar-refractivity contribution in [2.45, 2.75) is 17.6 Å². The van der Waals surface area contributed by atoms with Crippen molar-refractivity contribution in [2.75, 3.05) is 0 Å². The van der Waals surface area contributed by atoms with E-state index >= 15 is 0 Å². The minimum Gasteiger partial charge on any atom is -0.367 e. The average Bonchev–Trinajstić information content (AvgIpc) is 2.96.